The fraction of sp³-hybridized carbons (Fsp3) is 0.0652. The summed E-state index contributed by atoms with van der Waals surface area (Å²) in [5, 5.41) is 7.56. The lowest BCUT2D eigenvalue weighted by molar-refractivity contribution is 1.02. The fourth-order valence-electron chi connectivity index (χ4n) is 7.03. The lowest BCUT2D eigenvalue weighted by atomic mass is 9.85. The first-order valence-electron chi connectivity index (χ1n) is 16.4. The Balaban J connectivity index is 1.30. The molecule has 0 fully saturated rings. The molecular weight excluding hydrogens is 567 g/mol. The first kappa shape index (κ1) is 28.7. The fourth-order valence-corrected chi connectivity index (χ4v) is 7.03. The molecule has 0 aliphatic rings. The molecule has 1 unspecified atom stereocenters. The summed E-state index contributed by atoms with van der Waals surface area (Å²) in [7, 11) is 0. The van der Waals surface area contributed by atoms with Gasteiger partial charge in [0.2, 0.25) is 0 Å². The van der Waals surface area contributed by atoms with E-state index >= 15 is 0 Å². The predicted octanol–water partition coefficient (Wildman–Crippen LogP) is 12.7. The van der Waals surface area contributed by atoms with Gasteiger partial charge in [0, 0.05) is 5.92 Å². The lowest BCUT2D eigenvalue weighted by Gasteiger charge is -2.19. The molecule has 0 spiro atoms. The quantitative estimate of drug-likeness (QED) is 0.133. The smallest absolute Gasteiger partial charge is 0.0662 e. The van der Waals surface area contributed by atoms with Crippen molar-refractivity contribution in [3.63, 3.8) is 0 Å². The van der Waals surface area contributed by atoms with Crippen LogP contribution in [0, 0.1) is 6.92 Å². The first-order chi connectivity index (χ1) is 23.2. The van der Waals surface area contributed by atoms with Gasteiger partial charge in [-0.05, 0) is 90.3 Å². The Bertz CT molecular complexity index is 2360. The minimum Gasteiger partial charge on any atom is -0.252 e. The van der Waals surface area contributed by atoms with Crippen LogP contribution in [0.15, 0.2) is 175 Å². The number of para-hydroxylation sites is 1. The van der Waals surface area contributed by atoms with Crippen LogP contribution in [0.4, 0.5) is 5.69 Å². The van der Waals surface area contributed by atoms with Crippen molar-refractivity contribution in [2.24, 2.45) is 4.99 Å². The Morgan fingerprint density at radius 2 is 0.979 bits per heavy atom. The second-order valence-electron chi connectivity index (χ2n) is 12.4. The third kappa shape index (κ3) is 5.30. The molecule has 0 radical (unpaired) electrons. The van der Waals surface area contributed by atoms with Crippen molar-refractivity contribution >= 4 is 43.7 Å². The number of aliphatic imine (C=N–C) groups is 1. The van der Waals surface area contributed by atoms with E-state index in [1.807, 2.05) is 0 Å². The van der Waals surface area contributed by atoms with E-state index in [1.165, 1.54) is 65.7 Å². The van der Waals surface area contributed by atoms with Gasteiger partial charge in [-0.1, -0.05) is 165 Å². The van der Waals surface area contributed by atoms with Crippen LogP contribution in [0.25, 0.3) is 54.6 Å². The number of hydrogen-bond donors (Lipinski definition) is 0. The van der Waals surface area contributed by atoms with Crippen molar-refractivity contribution in [2.75, 3.05) is 0 Å². The van der Waals surface area contributed by atoms with E-state index in [1.54, 1.807) is 0 Å². The minimum atomic E-state index is 0.129. The zero-order valence-electron chi connectivity index (χ0n) is 26.7. The molecule has 0 aliphatic carbocycles. The Kier molecular flexibility index (Phi) is 7.44. The summed E-state index contributed by atoms with van der Waals surface area (Å²) in [5.41, 5.74) is 10.6. The Hall–Kier alpha value is -5.79. The number of nitrogens with zero attached hydrogens (tertiary/aromatic N) is 1. The van der Waals surface area contributed by atoms with Crippen molar-refractivity contribution in [2.45, 2.75) is 19.8 Å². The number of fused-ring (bicyclic) bond motifs is 3. The summed E-state index contributed by atoms with van der Waals surface area (Å²) in [5.74, 6) is 0.129. The summed E-state index contributed by atoms with van der Waals surface area (Å²) < 4.78 is 0. The Labute approximate surface area is 276 Å². The monoisotopic (exact) mass is 601 g/mol. The summed E-state index contributed by atoms with van der Waals surface area (Å²) in [4.78, 5) is 5.29. The van der Waals surface area contributed by atoms with Gasteiger partial charge in [0.25, 0.3) is 0 Å². The summed E-state index contributed by atoms with van der Waals surface area (Å²) >= 11 is 0. The van der Waals surface area contributed by atoms with Crippen molar-refractivity contribution in [3.05, 3.63) is 187 Å². The molecule has 1 atom stereocenters. The van der Waals surface area contributed by atoms with Crippen LogP contribution in [0.2, 0.25) is 0 Å². The molecule has 0 heterocycles. The number of hydrogen-bond acceptors (Lipinski definition) is 1. The molecule has 0 saturated heterocycles. The molecule has 8 rings (SSSR count). The minimum absolute atomic E-state index is 0.129. The van der Waals surface area contributed by atoms with Gasteiger partial charge in [-0.3, -0.25) is 4.99 Å². The molecular formula is C46H35N. The van der Waals surface area contributed by atoms with Crippen LogP contribution in [0.5, 0.6) is 0 Å². The Morgan fingerprint density at radius 3 is 1.62 bits per heavy atom. The highest BCUT2D eigenvalue weighted by Crippen LogP contribution is 2.44. The molecule has 0 saturated carbocycles. The van der Waals surface area contributed by atoms with Gasteiger partial charge < -0.3 is 0 Å². The zero-order chi connectivity index (χ0) is 31.7. The second-order valence-corrected chi connectivity index (χ2v) is 12.4. The summed E-state index contributed by atoms with van der Waals surface area (Å²) in [6, 6.07) is 61.3. The molecule has 8 aromatic rings. The van der Waals surface area contributed by atoms with Gasteiger partial charge in [0.05, 0.1) is 11.4 Å². The number of aryl methyl sites for hydroxylation is 1. The van der Waals surface area contributed by atoms with E-state index in [4.69, 9.17) is 4.99 Å². The van der Waals surface area contributed by atoms with Crippen LogP contribution in [0.1, 0.15) is 29.5 Å². The highest BCUT2D eigenvalue weighted by molar-refractivity contribution is 6.21. The van der Waals surface area contributed by atoms with E-state index in [9.17, 15) is 0 Å². The van der Waals surface area contributed by atoms with Crippen molar-refractivity contribution in [1.82, 2.24) is 0 Å². The van der Waals surface area contributed by atoms with E-state index in [2.05, 4.69) is 184 Å². The van der Waals surface area contributed by atoms with Crippen LogP contribution < -0.4 is 0 Å². The highest BCUT2D eigenvalue weighted by atomic mass is 14.8. The van der Waals surface area contributed by atoms with Gasteiger partial charge in [0.1, 0.15) is 0 Å². The van der Waals surface area contributed by atoms with Crippen molar-refractivity contribution < 1.29 is 0 Å². The maximum Gasteiger partial charge on any atom is 0.0662 e. The highest BCUT2D eigenvalue weighted by Gasteiger charge is 2.19. The molecule has 0 aliphatic heterocycles. The van der Waals surface area contributed by atoms with Crippen LogP contribution in [-0.4, -0.2) is 5.71 Å². The topological polar surface area (TPSA) is 12.4 Å². The van der Waals surface area contributed by atoms with Gasteiger partial charge in [-0.15, -0.1) is 0 Å². The third-order valence-electron chi connectivity index (χ3n) is 9.51. The van der Waals surface area contributed by atoms with E-state index in [0.717, 1.165) is 17.0 Å². The normalized spacial score (nSPS) is 12.5. The van der Waals surface area contributed by atoms with Crippen molar-refractivity contribution in [3.8, 4) is 22.3 Å². The number of benzene rings is 8. The molecule has 47 heavy (non-hydrogen) atoms. The lowest BCUT2D eigenvalue weighted by Crippen LogP contribution is -2.11. The average Bonchev–Trinajstić information content (AvgIpc) is 3.13. The standard InChI is InChI=1S/C46H35N/c1-31-14-6-13-23-43(31)47-46(32(2)33-15-4-3-5-16-33)36-27-25-35(26-28-36)44-39-19-9-11-21-41(39)45(42-22-12-10-20-40(42)44)38-29-24-34-17-7-8-18-37(34)30-38/h3-30,32H,1-2H3/b47-46+. The SMILES string of the molecule is Cc1ccccc1/N=C(/c1ccc(-c2c3ccccc3c(-c3ccc4ccccc4c3)c3ccccc23)cc1)C(C)c1ccccc1. The first-order valence-corrected chi connectivity index (χ1v) is 16.4. The van der Waals surface area contributed by atoms with Gasteiger partial charge >= 0.3 is 0 Å². The van der Waals surface area contributed by atoms with E-state index in [-0.39, 0.29) is 5.92 Å². The third-order valence-corrected chi connectivity index (χ3v) is 9.51. The molecule has 8 aromatic carbocycles. The largest absolute Gasteiger partial charge is 0.252 e. The average molecular weight is 602 g/mol. The zero-order valence-corrected chi connectivity index (χ0v) is 26.7. The predicted molar refractivity (Wildman–Crippen MR) is 202 cm³/mol. The maximum absolute atomic E-state index is 5.29. The van der Waals surface area contributed by atoms with Crippen molar-refractivity contribution in [1.29, 1.82) is 0 Å². The molecule has 0 N–H and O–H groups in total. The molecule has 1 heteroatoms. The van der Waals surface area contributed by atoms with Crippen LogP contribution in [0.3, 0.4) is 0 Å². The summed E-state index contributed by atoms with van der Waals surface area (Å²) in [6.45, 7) is 4.39. The van der Waals surface area contributed by atoms with E-state index < -0.39 is 0 Å². The van der Waals surface area contributed by atoms with Gasteiger partial charge in [0.15, 0.2) is 0 Å². The second kappa shape index (κ2) is 12.2. The van der Waals surface area contributed by atoms with Gasteiger partial charge in [-0.25, -0.2) is 0 Å². The molecule has 0 aromatic heterocycles. The molecule has 224 valence electrons. The molecule has 0 amide bonds. The van der Waals surface area contributed by atoms with Gasteiger partial charge in [-0.2, -0.15) is 0 Å². The maximum atomic E-state index is 5.29. The number of rotatable bonds is 6. The molecule has 0 bridgehead atoms. The molecule has 1 nitrogen and oxygen atoms in total. The summed E-state index contributed by atoms with van der Waals surface area (Å²) in [6.07, 6.45) is 0. The van der Waals surface area contributed by atoms with E-state index in [0.29, 0.717) is 0 Å². The Morgan fingerprint density at radius 1 is 0.468 bits per heavy atom. The van der Waals surface area contributed by atoms with Crippen LogP contribution >= 0.6 is 0 Å². The van der Waals surface area contributed by atoms with Crippen LogP contribution in [-0.2, 0) is 0 Å².